The van der Waals surface area contributed by atoms with Crippen molar-refractivity contribution in [3.63, 3.8) is 0 Å². The Morgan fingerprint density at radius 3 is 2.60 bits per heavy atom. The number of pyridine rings is 1. The predicted octanol–water partition coefficient (Wildman–Crippen LogP) is 5.34. The van der Waals surface area contributed by atoms with E-state index in [1.807, 2.05) is 62.5 Å². The lowest BCUT2D eigenvalue weighted by Gasteiger charge is -2.30. The summed E-state index contributed by atoms with van der Waals surface area (Å²) in [6.45, 7) is 2.48. The number of hydrogen-bond acceptors (Lipinski definition) is 5. The standard InChI is InChI=1S/C27H24ClN3O3S/c1-4-34-18-8-5-7-17(13-18)20-14-25(32)31(3)26-19(20)9-6-10-21(26)27(33,22-15-29-16-30(22)2)23-11-12-24(28)35-23/h5-16,33H,4H2,1-3H3. The first-order valence-electron chi connectivity index (χ1n) is 11.2. The molecule has 0 spiro atoms. The average molecular weight is 506 g/mol. The number of aromatic nitrogens is 3. The maximum absolute atomic E-state index is 13.2. The maximum Gasteiger partial charge on any atom is 0.251 e. The van der Waals surface area contributed by atoms with Crippen molar-refractivity contribution in [2.75, 3.05) is 6.61 Å². The molecule has 6 nitrogen and oxygen atoms in total. The van der Waals surface area contributed by atoms with Gasteiger partial charge in [-0.05, 0) is 42.3 Å². The molecule has 3 heterocycles. The minimum Gasteiger partial charge on any atom is -0.494 e. The summed E-state index contributed by atoms with van der Waals surface area (Å²) in [5, 5.41) is 13.3. The first-order chi connectivity index (χ1) is 16.8. The first-order valence-corrected chi connectivity index (χ1v) is 12.4. The van der Waals surface area contributed by atoms with Crippen LogP contribution in [0, 0.1) is 0 Å². The molecule has 1 N–H and O–H groups in total. The summed E-state index contributed by atoms with van der Waals surface area (Å²) in [6.07, 6.45) is 3.28. The van der Waals surface area contributed by atoms with Crippen molar-refractivity contribution in [2.45, 2.75) is 12.5 Å². The molecule has 178 valence electrons. The Balaban J connectivity index is 1.86. The number of aryl methyl sites for hydroxylation is 2. The normalized spacial score (nSPS) is 13.2. The van der Waals surface area contributed by atoms with Gasteiger partial charge in [-0.1, -0.05) is 41.9 Å². The molecule has 2 aromatic carbocycles. The van der Waals surface area contributed by atoms with E-state index >= 15 is 0 Å². The molecule has 5 aromatic rings. The number of rotatable bonds is 6. The number of hydrogen-bond donors (Lipinski definition) is 1. The predicted molar refractivity (Wildman–Crippen MR) is 140 cm³/mol. The van der Waals surface area contributed by atoms with Gasteiger partial charge >= 0.3 is 0 Å². The highest BCUT2D eigenvalue weighted by atomic mass is 35.5. The minimum absolute atomic E-state index is 0.182. The van der Waals surface area contributed by atoms with Crippen LogP contribution in [0.1, 0.15) is 23.1 Å². The molecule has 0 saturated carbocycles. The molecule has 1 unspecified atom stereocenters. The molecule has 35 heavy (non-hydrogen) atoms. The molecule has 0 amide bonds. The molecule has 0 radical (unpaired) electrons. The third kappa shape index (κ3) is 3.86. The smallest absolute Gasteiger partial charge is 0.251 e. The largest absolute Gasteiger partial charge is 0.494 e. The summed E-state index contributed by atoms with van der Waals surface area (Å²) in [7, 11) is 3.55. The van der Waals surface area contributed by atoms with Gasteiger partial charge in [-0.3, -0.25) is 4.79 Å². The second-order valence-corrected chi connectivity index (χ2v) is 10.0. The van der Waals surface area contributed by atoms with Crippen LogP contribution in [0.15, 0.2) is 78.0 Å². The second kappa shape index (κ2) is 9.00. The zero-order chi connectivity index (χ0) is 24.7. The van der Waals surface area contributed by atoms with E-state index in [0.29, 0.717) is 32.6 Å². The van der Waals surface area contributed by atoms with E-state index in [2.05, 4.69) is 4.98 Å². The van der Waals surface area contributed by atoms with Crippen LogP contribution in [0.25, 0.3) is 22.0 Å². The molecule has 8 heteroatoms. The number of ether oxygens (including phenoxy) is 1. The third-order valence-electron chi connectivity index (χ3n) is 6.22. The van der Waals surface area contributed by atoms with Crippen molar-refractivity contribution >= 4 is 33.8 Å². The van der Waals surface area contributed by atoms with E-state index < -0.39 is 5.60 Å². The molecular formula is C27H24ClN3O3S. The molecule has 5 rings (SSSR count). The van der Waals surface area contributed by atoms with Gasteiger partial charge in [0.1, 0.15) is 5.75 Å². The topological polar surface area (TPSA) is 69.3 Å². The van der Waals surface area contributed by atoms with Gasteiger partial charge < -0.3 is 19.0 Å². The Labute approximate surface area is 211 Å². The van der Waals surface area contributed by atoms with E-state index in [1.165, 1.54) is 11.3 Å². The number of thiophene rings is 1. The number of nitrogens with zero attached hydrogens (tertiary/aromatic N) is 3. The fraction of sp³-hybridized carbons (Fsp3) is 0.185. The fourth-order valence-corrected chi connectivity index (χ4v) is 5.75. The molecular weight excluding hydrogens is 482 g/mol. The summed E-state index contributed by atoms with van der Waals surface area (Å²) in [5.74, 6) is 0.731. The Morgan fingerprint density at radius 1 is 1.11 bits per heavy atom. The Hall–Kier alpha value is -3.39. The van der Waals surface area contributed by atoms with E-state index in [-0.39, 0.29) is 5.56 Å². The van der Waals surface area contributed by atoms with E-state index in [9.17, 15) is 9.90 Å². The SMILES string of the molecule is CCOc1cccc(-c2cc(=O)n(C)c3c(C(O)(c4ccc(Cl)s4)c4cncn4C)cccc23)c1. The van der Waals surface area contributed by atoms with Gasteiger partial charge in [0.05, 0.1) is 34.7 Å². The summed E-state index contributed by atoms with van der Waals surface area (Å²) >= 11 is 7.59. The van der Waals surface area contributed by atoms with Crippen LogP contribution >= 0.6 is 22.9 Å². The van der Waals surface area contributed by atoms with Crippen molar-refractivity contribution in [3.05, 3.63) is 104 Å². The number of aliphatic hydroxyl groups is 1. The van der Waals surface area contributed by atoms with Gasteiger partial charge in [0, 0.05) is 36.0 Å². The van der Waals surface area contributed by atoms with Crippen LogP contribution in [0.5, 0.6) is 5.75 Å². The van der Waals surface area contributed by atoms with Gasteiger partial charge in [-0.15, -0.1) is 11.3 Å². The van der Waals surface area contributed by atoms with Crippen LogP contribution in [0.2, 0.25) is 4.34 Å². The molecule has 0 aliphatic rings. The molecule has 0 aliphatic carbocycles. The summed E-state index contributed by atoms with van der Waals surface area (Å²) < 4.78 is 9.61. The molecule has 3 aromatic heterocycles. The van der Waals surface area contributed by atoms with Crippen molar-refractivity contribution in [3.8, 4) is 16.9 Å². The zero-order valence-electron chi connectivity index (χ0n) is 19.5. The highest BCUT2D eigenvalue weighted by Gasteiger charge is 2.40. The number of para-hydroxylation sites is 1. The van der Waals surface area contributed by atoms with Gasteiger partial charge in [-0.25, -0.2) is 4.98 Å². The van der Waals surface area contributed by atoms with Crippen molar-refractivity contribution in [1.82, 2.24) is 14.1 Å². The highest BCUT2D eigenvalue weighted by Crippen LogP contribution is 2.44. The van der Waals surface area contributed by atoms with Gasteiger partial charge in [0.15, 0.2) is 5.60 Å². The summed E-state index contributed by atoms with van der Waals surface area (Å²) in [6, 6.07) is 18.6. The Bertz CT molecular complexity index is 1600. The number of halogens is 1. The van der Waals surface area contributed by atoms with Gasteiger partial charge in [0.2, 0.25) is 0 Å². The number of fused-ring (bicyclic) bond motifs is 1. The third-order valence-corrected chi connectivity index (χ3v) is 7.56. The second-order valence-electron chi connectivity index (χ2n) is 8.32. The van der Waals surface area contributed by atoms with Crippen molar-refractivity contribution in [1.29, 1.82) is 0 Å². The first kappa shape index (κ1) is 23.4. The minimum atomic E-state index is -1.58. The van der Waals surface area contributed by atoms with E-state index in [0.717, 1.165) is 22.3 Å². The van der Waals surface area contributed by atoms with Crippen molar-refractivity contribution < 1.29 is 9.84 Å². The fourth-order valence-electron chi connectivity index (χ4n) is 4.59. The number of imidazole rings is 1. The van der Waals surface area contributed by atoms with E-state index in [4.69, 9.17) is 16.3 Å². The van der Waals surface area contributed by atoms with Crippen LogP contribution in [-0.2, 0) is 19.7 Å². The monoisotopic (exact) mass is 505 g/mol. The summed E-state index contributed by atoms with van der Waals surface area (Å²) in [5.41, 5.74) is 1.63. The quantitative estimate of drug-likeness (QED) is 0.338. The van der Waals surface area contributed by atoms with Crippen LogP contribution in [-0.4, -0.2) is 25.8 Å². The lowest BCUT2D eigenvalue weighted by atomic mass is 9.86. The molecule has 0 fully saturated rings. The highest BCUT2D eigenvalue weighted by molar-refractivity contribution is 7.16. The Morgan fingerprint density at radius 2 is 1.91 bits per heavy atom. The molecule has 0 aliphatic heterocycles. The van der Waals surface area contributed by atoms with E-state index in [1.54, 1.807) is 40.8 Å². The number of benzene rings is 2. The molecule has 0 bridgehead atoms. The average Bonchev–Trinajstić information content (AvgIpc) is 3.49. The molecule has 0 saturated heterocycles. The Kier molecular flexibility index (Phi) is 6.01. The van der Waals surface area contributed by atoms with Crippen LogP contribution in [0.4, 0.5) is 0 Å². The molecule has 1 atom stereocenters. The van der Waals surface area contributed by atoms with Crippen molar-refractivity contribution in [2.24, 2.45) is 14.1 Å². The van der Waals surface area contributed by atoms with Crippen LogP contribution in [0.3, 0.4) is 0 Å². The van der Waals surface area contributed by atoms with Crippen LogP contribution < -0.4 is 10.3 Å². The lowest BCUT2D eigenvalue weighted by molar-refractivity contribution is 0.122. The van der Waals surface area contributed by atoms with Gasteiger partial charge in [-0.2, -0.15) is 0 Å². The lowest BCUT2D eigenvalue weighted by Crippen LogP contribution is -2.32. The zero-order valence-corrected chi connectivity index (χ0v) is 21.1. The summed E-state index contributed by atoms with van der Waals surface area (Å²) in [4.78, 5) is 18.1. The van der Waals surface area contributed by atoms with Gasteiger partial charge in [0.25, 0.3) is 5.56 Å². The maximum atomic E-state index is 13.2.